The summed E-state index contributed by atoms with van der Waals surface area (Å²) in [5.74, 6) is -7.03. The first-order valence-corrected chi connectivity index (χ1v) is 7.21. The quantitative estimate of drug-likeness (QED) is 0.371. The van der Waals surface area contributed by atoms with Gasteiger partial charge in [-0.2, -0.15) is 0 Å². The van der Waals surface area contributed by atoms with Gasteiger partial charge in [-0.15, -0.1) is 0 Å². The minimum absolute atomic E-state index is 0.165. The fourth-order valence-corrected chi connectivity index (χ4v) is 2.45. The van der Waals surface area contributed by atoms with Gasteiger partial charge in [-0.3, -0.25) is 19.2 Å². The molecule has 1 saturated heterocycles. The van der Waals surface area contributed by atoms with Crippen LogP contribution in [0.25, 0.3) is 0 Å². The maximum atomic E-state index is 12.1. The van der Waals surface area contributed by atoms with Crippen LogP contribution in [0.3, 0.4) is 0 Å². The number of hydrogen-bond acceptors (Lipinski definition) is 7. The number of hydrogen-bond donors (Lipinski definition) is 3. The van der Waals surface area contributed by atoms with E-state index < -0.39 is 47.7 Å². The molecule has 1 heterocycles. The molecule has 0 spiro atoms. The fourth-order valence-electron chi connectivity index (χ4n) is 2.45. The van der Waals surface area contributed by atoms with Gasteiger partial charge in [-0.1, -0.05) is 6.92 Å². The summed E-state index contributed by atoms with van der Waals surface area (Å²) < 4.78 is 9.01. The Morgan fingerprint density at radius 1 is 1.21 bits per heavy atom. The summed E-state index contributed by atoms with van der Waals surface area (Å²) >= 11 is 0. The molecule has 0 aromatic carbocycles. The van der Waals surface area contributed by atoms with Crippen molar-refractivity contribution < 1.29 is 38.6 Å². The van der Waals surface area contributed by atoms with Crippen LogP contribution in [-0.2, 0) is 33.4 Å². The summed E-state index contributed by atoms with van der Waals surface area (Å²) in [5.41, 5.74) is 0. The van der Waals surface area contributed by atoms with Crippen LogP contribution in [0.15, 0.2) is 0 Å². The summed E-state index contributed by atoms with van der Waals surface area (Å²) in [7, 11) is 2.10. The number of aliphatic carboxylic acids is 1. The van der Waals surface area contributed by atoms with Gasteiger partial charge in [-0.25, -0.2) is 4.79 Å². The average Bonchev–Trinajstić information content (AvgIpc) is 2.98. The monoisotopic (exact) mass is 344 g/mol. The normalized spacial score (nSPS) is 19.2. The molecular weight excluding hydrogens is 324 g/mol. The number of esters is 2. The van der Waals surface area contributed by atoms with Crippen molar-refractivity contribution in [3.8, 4) is 0 Å². The number of methoxy groups -OCH3 is 2. The van der Waals surface area contributed by atoms with Gasteiger partial charge >= 0.3 is 17.9 Å². The van der Waals surface area contributed by atoms with E-state index in [1.807, 2.05) is 0 Å². The fraction of sp³-hybridized carbons (Fsp3) is 0.643. The molecular formula is C14H20N2O8. The van der Waals surface area contributed by atoms with E-state index in [1.165, 1.54) is 6.92 Å². The maximum absolute atomic E-state index is 12.1. The maximum Gasteiger partial charge on any atom is 0.326 e. The summed E-state index contributed by atoms with van der Waals surface area (Å²) in [6.45, 7) is 1.31. The van der Waals surface area contributed by atoms with Gasteiger partial charge in [0, 0.05) is 12.3 Å². The molecule has 0 bridgehead atoms. The van der Waals surface area contributed by atoms with Crippen LogP contribution in [0.2, 0.25) is 0 Å². The van der Waals surface area contributed by atoms with Gasteiger partial charge in [0.05, 0.1) is 14.2 Å². The molecule has 1 aliphatic heterocycles. The second-order valence-corrected chi connectivity index (χ2v) is 5.37. The zero-order valence-corrected chi connectivity index (χ0v) is 13.5. The van der Waals surface area contributed by atoms with Crippen molar-refractivity contribution in [3.05, 3.63) is 0 Å². The van der Waals surface area contributed by atoms with Crippen LogP contribution in [0.5, 0.6) is 0 Å². The second kappa shape index (κ2) is 8.27. The molecule has 1 aliphatic rings. The Labute approximate surface area is 137 Å². The molecule has 0 unspecified atom stereocenters. The predicted molar refractivity (Wildman–Crippen MR) is 77.4 cm³/mol. The first-order valence-electron chi connectivity index (χ1n) is 7.21. The lowest BCUT2D eigenvalue weighted by Gasteiger charge is -2.26. The summed E-state index contributed by atoms with van der Waals surface area (Å²) in [6, 6.07) is -2.39. The van der Waals surface area contributed by atoms with Crippen molar-refractivity contribution >= 4 is 29.7 Å². The van der Waals surface area contributed by atoms with Crippen molar-refractivity contribution in [2.24, 2.45) is 11.8 Å². The minimum Gasteiger partial charge on any atom is -0.480 e. The molecule has 0 radical (unpaired) electrons. The molecule has 1 rings (SSSR count). The average molecular weight is 344 g/mol. The molecule has 2 amide bonds. The number of nitrogens with one attached hydrogen (secondary N) is 2. The third-order valence-corrected chi connectivity index (χ3v) is 3.84. The van der Waals surface area contributed by atoms with Crippen LogP contribution in [0, 0.1) is 11.8 Å². The molecule has 134 valence electrons. The molecule has 10 heteroatoms. The first-order chi connectivity index (χ1) is 11.2. The summed E-state index contributed by atoms with van der Waals surface area (Å²) in [6.07, 6.45) is 0.404. The van der Waals surface area contributed by atoms with E-state index in [9.17, 15) is 29.1 Å². The van der Waals surface area contributed by atoms with Gasteiger partial charge in [0.25, 0.3) is 0 Å². The van der Waals surface area contributed by atoms with Crippen LogP contribution in [-0.4, -0.2) is 61.1 Å². The largest absolute Gasteiger partial charge is 0.480 e. The van der Waals surface area contributed by atoms with Crippen molar-refractivity contribution in [2.75, 3.05) is 14.2 Å². The van der Waals surface area contributed by atoms with Crippen molar-refractivity contribution in [1.82, 2.24) is 10.6 Å². The Kier molecular flexibility index (Phi) is 6.69. The first kappa shape index (κ1) is 19.4. The highest BCUT2D eigenvalue weighted by Crippen LogP contribution is 2.20. The smallest absolute Gasteiger partial charge is 0.326 e. The van der Waals surface area contributed by atoms with Crippen molar-refractivity contribution in [2.45, 2.75) is 31.8 Å². The molecule has 3 atom stereocenters. The topological polar surface area (TPSA) is 148 Å². The molecule has 0 aromatic heterocycles. The van der Waals surface area contributed by atoms with Crippen LogP contribution < -0.4 is 10.6 Å². The van der Waals surface area contributed by atoms with E-state index in [4.69, 9.17) is 0 Å². The van der Waals surface area contributed by atoms with E-state index in [-0.39, 0.29) is 18.7 Å². The van der Waals surface area contributed by atoms with Crippen molar-refractivity contribution in [3.63, 3.8) is 0 Å². The van der Waals surface area contributed by atoms with Gasteiger partial charge in [0.2, 0.25) is 11.8 Å². The Balaban J connectivity index is 2.94. The molecule has 3 N–H and O–H groups in total. The lowest BCUT2D eigenvalue weighted by atomic mass is 9.87. The molecule has 0 saturated carbocycles. The van der Waals surface area contributed by atoms with Gasteiger partial charge in [-0.05, 0) is 6.42 Å². The van der Waals surface area contributed by atoms with Crippen molar-refractivity contribution in [1.29, 1.82) is 0 Å². The highest BCUT2D eigenvalue weighted by atomic mass is 16.5. The van der Waals surface area contributed by atoms with Gasteiger partial charge in [0.15, 0.2) is 5.92 Å². The van der Waals surface area contributed by atoms with E-state index in [2.05, 4.69) is 20.1 Å². The Morgan fingerprint density at radius 2 is 1.75 bits per heavy atom. The van der Waals surface area contributed by atoms with E-state index >= 15 is 0 Å². The Morgan fingerprint density at radius 3 is 2.12 bits per heavy atom. The number of carboxylic acid groups (broad SMARTS) is 1. The lowest BCUT2D eigenvalue weighted by Crippen LogP contribution is -2.54. The van der Waals surface area contributed by atoms with E-state index in [0.29, 0.717) is 0 Å². The third-order valence-electron chi connectivity index (χ3n) is 3.84. The predicted octanol–water partition coefficient (Wildman–Crippen LogP) is -1.57. The van der Waals surface area contributed by atoms with Crippen LogP contribution in [0.1, 0.15) is 19.8 Å². The number of carboxylic acids is 1. The standard InChI is InChI=1S/C14H20N2O8/c1-6(9(13(21)23-2)14(22)24-3)10(12(19)20)16-11(18)7-4-5-8(17)15-7/h6-7,9-10H,4-5H2,1-3H3,(H,15,17)(H,16,18)(H,19,20)/t6-,7+,10+/m0/s1. The number of carbonyl (C=O) groups excluding carboxylic acids is 4. The van der Waals surface area contributed by atoms with Crippen LogP contribution in [0.4, 0.5) is 0 Å². The highest BCUT2D eigenvalue weighted by Gasteiger charge is 2.43. The molecule has 24 heavy (non-hydrogen) atoms. The number of carbonyl (C=O) groups is 5. The number of amides is 2. The van der Waals surface area contributed by atoms with E-state index in [1.54, 1.807) is 0 Å². The highest BCUT2D eigenvalue weighted by molar-refractivity contribution is 5.97. The zero-order valence-electron chi connectivity index (χ0n) is 13.5. The molecule has 0 aliphatic carbocycles. The second-order valence-electron chi connectivity index (χ2n) is 5.37. The molecule has 0 aromatic rings. The van der Waals surface area contributed by atoms with Crippen LogP contribution >= 0.6 is 0 Å². The van der Waals surface area contributed by atoms with Gasteiger partial charge < -0.3 is 25.2 Å². The number of rotatable bonds is 7. The Hall–Kier alpha value is -2.65. The minimum atomic E-state index is -1.54. The molecule has 10 nitrogen and oxygen atoms in total. The third kappa shape index (κ3) is 4.43. The number of ether oxygens (including phenoxy) is 2. The van der Waals surface area contributed by atoms with E-state index in [0.717, 1.165) is 14.2 Å². The summed E-state index contributed by atoms with van der Waals surface area (Å²) in [4.78, 5) is 58.3. The summed E-state index contributed by atoms with van der Waals surface area (Å²) in [5, 5.41) is 14.0. The SMILES string of the molecule is COC(=O)C(C(=O)OC)[C@H](C)[C@@H](NC(=O)[C@H]1CCC(=O)N1)C(=O)O. The zero-order chi connectivity index (χ0) is 18.4. The molecule has 1 fully saturated rings. The lowest BCUT2D eigenvalue weighted by molar-refractivity contribution is -0.163. The van der Waals surface area contributed by atoms with Gasteiger partial charge in [0.1, 0.15) is 12.1 Å². The Bertz CT molecular complexity index is 531.